The van der Waals surface area contributed by atoms with Gasteiger partial charge in [-0.1, -0.05) is 6.42 Å². The second-order valence-corrected chi connectivity index (χ2v) is 8.56. The van der Waals surface area contributed by atoms with Gasteiger partial charge in [-0.15, -0.1) is 0 Å². The number of nitrogens with one attached hydrogen (secondary N) is 1. The molecular weight excluding hydrogens is 262 g/mol. The molecule has 0 bridgehead atoms. The van der Waals surface area contributed by atoms with Crippen LogP contribution in [0.15, 0.2) is 0 Å². The first-order valence-electron chi connectivity index (χ1n) is 7.44. The van der Waals surface area contributed by atoms with E-state index in [-0.39, 0.29) is 5.25 Å². The van der Waals surface area contributed by atoms with E-state index in [2.05, 4.69) is 5.32 Å². The second kappa shape index (κ2) is 6.55. The van der Waals surface area contributed by atoms with Gasteiger partial charge in [-0.2, -0.15) is 0 Å². The van der Waals surface area contributed by atoms with E-state index in [9.17, 15) is 8.42 Å². The van der Waals surface area contributed by atoms with E-state index in [0.29, 0.717) is 17.9 Å². The molecule has 112 valence electrons. The molecule has 0 spiro atoms. The average Bonchev–Trinajstić information content (AvgIpc) is 2.88. The molecule has 0 aromatic carbocycles. The van der Waals surface area contributed by atoms with Crippen molar-refractivity contribution in [2.75, 3.05) is 26.5 Å². The molecule has 19 heavy (non-hydrogen) atoms. The zero-order valence-corrected chi connectivity index (χ0v) is 12.9. The van der Waals surface area contributed by atoms with E-state index < -0.39 is 9.84 Å². The summed E-state index contributed by atoms with van der Waals surface area (Å²) in [6.45, 7) is 1.76. The largest absolute Gasteiger partial charge is 0.381 e. The van der Waals surface area contributed by atoms with E-state index in [1.807, 2.05) is 7.05 Å². The lowest BCUT2D eigenvalue weighted by atomic mass is 9.80. The van der Waals surface area contributed by atoms with Gasteiger partial charge in [0.25, 0.3) is 0 Å². The van der Waals surface area contributed by atoms with Crippen LogP contribution in [-0.4, -0.2) is 46.2 Å². The average molecular weight is 289 g/mol. The molecule has 2 aliphatic rings. The first-order valence-corrected chi connectivity index (χ1v) is 9.40. The molecule has 0 radical (unpaired) electrons. The maximum atomic E-state index is 11.7. The molecule has 1 N–H and O–H groups in total. The summed E-state index contributed by atoms with van der Waals surface area (Å²) in [6, 6.07) is 0.441. The smallest absolute Gasteiger partial charge is 0.150 e. The van der Waals surface area contributed by atoms with Gasteiger partial charge in [-0.3, -0.25) is 0 Å². The first kappa shape index (κ1) is 15.3. The minimum atomic E-state index is -2.88. The molecule has 0 amide bonds. The Morgan fingerprint density at radius 3 is 2.68 bits per heavy atom. The van der Waals surface area contributed by atoms with E-state index in [1.165, 1.54) is 6.26 Å². The van der Waals surface area contributed by atoms with Gasteiger partial charge >= 0.3 is 0 Å². The molecule has 1 aliphatic carbocycles. The van der Waals surface area contributed by atoms with Crippen LogP contribution in [0.1, 0.15) is 38.5 Å². The van der Waals surface area contributed by atoms with Crippen molar-refractivity contribution < 1.29 is 13.2 Å². The first-order chi connectivity index (χ1) is 9.00. The van der Waals surface area contributed by atoms with Gasteiger partial charge in [0.05, 0.1) is 5.25 Å². The summed E-state index contributed by atoms with van der Waals surface area (Å²) in [5.74, 6) is 1.15. The molecule has 0 aromatic rings. The van der Waals surface area contributed by atoms with Gasteiger partial charge in [0, 0.05) is 25.5 Å². The minimum absolute atomic E-state index is 0.123. The summed E-state index contributed by atoms with van der Waals surface area (Å²) in [5.41, 5.74) is 0. The van der Waals surface area contributed by atoms with Crippen molar-refractivity contribution in [1.82, 2.24) is 5.32 Å². The fraction of sp³-hybridized carbons (Fsp3) is 1.00. The van der Waals surface area contributed by atoms with Crippen molar-refractivity contribution >= 4 is 9.84 Å². The third-order valence-corrected chi connectivity index (χ3v) is 6.46. The van der Waals surface area contributed by atoms with Crippen LogP contribution in [0.4, 0.5) is 0 Å². The second-order valence-electron chi connectivity index (χ2n) is 6.24. The van der Waals surface area contributed by atoms with Crippen LogP contribution in [0.5, 0.6) is 0 Å². The third-order valence-electron chi connectivity index (χ3n) is 4.82. The summed E-state index contributed by atoms with van der Waals surface area (Å²) in [5, 5.41) is 3.30. The Hall–Kier alpha value is -0.130. The van der Waals surface area contributed by atoms with Crippen molar-refractivity contribution in [2.45, 2.75) is 49.8 Å². The van der Waals surface area contributed by atoms with Crippen molar-refractivity contribution in [1.29, 1.82) is 0 Å². The number of sulfone groups is 1. The summed E-state index contributed by atoms with van der Waals surface area (Å²) in [4.78, 5) is 0. The predicted octanol–water partition coefficient (Wildman–Crippen LogP) is 1.60. The van der Waals surface area contributed by atoms with Crippen LogP contribution >= 0.6 is 0 Å². The minimum Gasteiger partial charge on any atom is -0.381 e. The highest BCUT2D eigenvalue weighted by atomic mass is 32.2. The van der Waals surface area contributed by atoms with Crippen LogP contribution < -0.4 is 5.32 Å². The quantitative estimate of drug-likeness (QED) is 0.835. The van der Waals surface area contributed by atoms with Gasteiger partial charge in [-0.05, 0) is 51.0 Å². The lowest BCUT2D eigenvalue weighted by Crippen LogP contribution is -2.40. The van der Waals surface area contributed by atoms with Crippen molar-refractivity contribution in [2.24, 2.45) is 11.8 Å². The predicted molar refractivity (Wildman–Crippen MR) is 77.0 cm³/mol. The summed E-state index contributed by atoms with van der Waals surface area (Å²) in [7, 11) is -0.876. The Balaban J connectivity index is 1.93. The number of hydrogen-bond acceptors (Lipinski definition) is 4. The Labute approximate surface area is 117 Å². The topological polar surface area (TPSA) is 55.4 Å². The van der Waals surface area contributed by atoms with Gasteiger partial charge < -0.3 is 10.1 Å². The third kappa shape index (κ3) is 4.17. The van der Waals surface area contributed by atoms with Crippen molar-refractivity contribution in [3.63, 3.8) is 0 Å². The molecule has 5 heteroatoms. The summed E-state index contributed by atoms with van der Waals surface area (Å²) < 4.78 is 28.9. The number of ether oxygens (including phenoxy) is 1. The molecule has 4 atom stereocenters. The van der Waals surface area contributed by atoms with Crippen LogP contribution in [0.2, 0.25) is 0 Å². The van der Waals surface area contributed by atoms with Gasteiger partial charge in [0.15, 0.2) is 0 Å². The normalized spacial score (nSPS) is 34.3. The number of rotatable bonds is 5. The molecule has 1 aliphatic heterocycles. The highest BCUT2D eigenvalue weighted by Crippen LogP contribution is 2.33. The Kier molecular flexibility index (Phi) is 5.26. The zero-order chi connectivity index (χ0) is 13.9. The van der Waals surface area contributed by atoms with Crippen LogP contribution in [0.25, 0.3) is 0 Å². The number of hydrogen-bond donors (Lipinski definition) is 1. The van der Waals surface area contributed by atoms with Crippen LogP contribution in [0, 0.1) is 11.8 Å². The fourth-order valence-corrected chi connectivity index (χ4v) is 4.80. The maximum Gasteiger partial charge on any atom is 0.150 e. The molecule has 4 nitrogen and oxygen atoms in total. The molecule has 1 saturated carbocycles. The summed E-state index contributed by atoms with van der Waals surface area (Å²) in [6.07, 6.45) is 7.54. The van der Waals surface area contributed by atoms with Gasteiger partial charge in [0.2, 0.25) is 0 Å². The Bertz CT molecular complexity index is 376. The van der Waals surface area contributed by atoms with Crippen LogP contribution in [-0.2, 0) is 14.6 Å². The highest BCUT2D eigenvalue weighted by Gasteiger charge is 2.33. The lowest BCUT2D eigenvalue weighted by Gasteiger charge is -2.34. The molecule has 1 saturated heterocycles. The van der Waals surface area contributed by atoms with E-state index >= 15 is 0 Å². The standard InChI is InChI=1S/C14H27NO3S/c1-15-14(8-11-6-7-18-10-11)12-4-3-5-13(9-12)19(2,16)17/h11-15H,3-10H2,1-2H3. The van der Waals surface area contributed by atoms with E-state index in [1.54, 1.807) is 0 Å². The summed E-state index contributed by atoms with van der Waals surface area (Å²) >= 11 is 0. The molecule has 2 rings (SSSR count). The highest BCUT2D eigenvalue weighted by molar-refractivity contribution is 7.91. The molecular formula is C14H27NO3S. The van der Waals surface area contributed by atoms with E-state index in [0.717, 1.165) is 51.7 Å². The van der Waals surface area contributed by atoms with Crippen LogP contribution in [0.3, 0.4) is 0 Å². The molecule has 1 heterocycles. The maximum absolute atomic E-state index is 11.7. The Morgan fingerprint density at radius 2 is 2.11 bits per heavy atom. The fourth-order valence-electron chi connectivity index (χ4n) is 3.61. The monoisotopic (exact) mass is 289 g/mol. The van der Waals surface area contributed by atoms with Crippen molar-refractivity contribution in [3.05, 3.63) is 0 Å². The molecule has 2 fully saturated rings. The zero-order valence-electron chi connectivity index (χ0n) is 12.1. The van der Waals surface area contributed by atoms with Gasteiger partial charge in [-0.25, -0.2) is 8.42 Å². The van der Waals surface area contributed by atoms with Gasteiger partial charge in [0.1, 0.15) is 9.84 Å². The lowest BCUT2D eigenvalue weighted by molar-refractivity contribution is 0.174. The van der Waals surface area contributed by atoms with Crippen molar-refractivity contribution in [3.8, 4) is 0 Å². The Morgan fingerprint density at radius 1 is 1.32 bits per heavy atom. The molecule has 0 aromatic heterocycles. The SMILES string of the molecule is CNC(CC1CCOC1)C1CCCC(S(C)(=O)=O)C1. The molecule has 4 unspecified atom stereocenters. The van der Waals surface area contributed by atoms with E-state index in [4.69, 9.17) is 4.74 Å².